The lowest BCUT2D eigenvalue weighted by atomic mass is 9.78. The first-order valence-electron chi connectivity index (χ1n) is 8.42. The summed E-state index contributed by atoms with van der Waals surface area (Å²) >= 11 is 0. The van der Waals surface area contributed by atoms with Crippen LogP contribution in [0.3, 0.4) is 0 Å². The first-order chi connectivity index (χ1) is 9.36. The van der Waals surface area contributed by atoms with Gasteiger partial charge in [-0.05, 0) is 44.4 Å². The Hall–Kier alpha value is -0.730. The summed E-state index contributed by atoms with van der Waals surface area (Å²) in [6.07, 6.45) is 12.9. The van der Waals surface area contributed by atoms with E-state index >= 15 is 0 Å². The Morgan fingerprint density at radius 1 is 0.737 bits per heavy atom. The maximum atomic E-state index is 12.8. The average molecular weight is 264 g/mol. The molecule has 3 aliphatic rings. The third kappa shape index (κ3) is 2.90. The van der Waals surface area contributed by atoms with Crippen molar-refractivity contribution in [1.82, 2.24) is 9.80 Å². The summed E-state index contributed by atoms with van der Waals surface area (Å²) in [6, 6.07) is 0.928. The van der Waals surface area contributed by atoms with Gasteiger partial charge in [-0.1, -0.05) is 25.7 Å². The summed E-state index contributed by atoms with van der Waals surface area (Å²) in [7, 11) is 0. The highest BCUT2D eigenvalue weighted by atomic mass is 16.2. The molecule has 1 saturated carbocycles. The molecule has 0 aromatic rings. The Labute approximate surface area is 117 Å². The van der Waals surface area contributed by atoms with Gasteiger partial charge in [0.15, 0.2) is 0 Å². The predicted octanol–water partition coefficient (Wildman–Crippen LogP) is 3.64. The molecule has 3 nitrogen and oxygen atoms in total. The number of piperidine rings is 1. The SMILES string of the molecule is O=C(N1CCCCCC1)N1CCC[C@H]2CCCC[C@H]21. The molecule has 1 aliphatic carbocycles. The van der Waals surface area contributed by atoms with Gasteiger partial charge in [-0.2, -0.15) is 0 Å². The smallest absolute Gasteiger partial charge is 0.320 e. The minimum absolute atomic E-state index is 0.360. The van der Waals surface area contributed by atoms with Crippen LogP contribution in [0.2, 0.25) is 0 Å². The second-order valence-corrected chi connectivity index (χ2v) is 6.63. The fourth-order valence-electron chi connectivity index (χ4n) is 4.31. The van der Waals surface area contributed by atoms with Gasteiger partial charge in [0.25, 0.3) is 0 Å². The molecule has 2 aliphatic heterocycles. The van der Waals surface area contributed by atoms with Gasteiger partial charge in [0.2, 0.25) is 0 Å². The number of likely N-dealkylation sites (tertiary alicyclic amines) is 2. The van der Waals surface area contributed by atoms with E-state index in [4.69, 9.17) is 0 Å². The minimum Gasteiger partial charge on any atom is -0.325 e. The molecule has 3 rings (SSSR count). The van der Waals surface area contributed by atoms with Crippen molar-refractivity contribution in [2.45, 2.75) is 70.3 Å². The molecule has 0 N–H and O–H groups in total. The number of carbonyl (C=O) groups excluding carboxylic acids is 1. The van der Waals surface area contributed by atoms with Crippen LogP contribution in [0.15, 0.2) is 0 Å². The van der Waals surface area contributed by atoms with Gasteiger partial charge >= 0.3 is 6.03 Å². The van der Waals surface area contributed by atoms with Crippen molar-refractivity contribution in [1.29, 1.82) is 0 Å². The zero-order valence-electron chi connectivity index (χ0n) is 12.1. The van der Waals surface area contributed by atoms with Gasteiger partial charge in [0.1, 0.15) is 0 Å². The summed E-state index contributed by atoms with van der Waals surface area (Å²) in [5, 5.41) is 0. The highest BCUT2D eigenvalue weighted by Crippen LogP contribution is 2.35. The summed E-state index contributed by atoms with van der Waals surface area (Å²) in [5.74, 6) is 0.804. The monoisotopic (exact) mass is 264 g/mol. The van der Waals surface area contributed by atoms with Crippen molar-refractivity contribution in [3.63, 3.8) is 0 Å². The number of urea groups is 1. The molecule has 0 aromatic carbocycles. The van der Waals surface area contributed by atoms with Crippen molar-refractivity contribution in [3.8, 4) is 0 Å². The van der Waals surface area contributed by atoms with Crippen molar-refractivity contribution in [2.24, 2.45) is 5.92 Å². The Bertz CT molecular complexity index is 308. The molecule has 0 bridgehead atoms. The number of nitrogens with zero attached hydrogens (tertiary/aromatic N) is 2. The molecule has 3 heteroatoms. The van der Waals surface area contributed by atoms with Crippen LogP contribution in [0, 0.1) is 5.92 Å². The van der Waals surface area contributed by atoms with Crippen LogP contribution in [-0.2, 0) is 0 Å². The van der Waals surface area contributed by atoms with Crippen LogP contribution in [0.4, 0.5) is 4.79 Å². The first-order valence-corrected chi connectivity index (χ1v) is 8.42. The van der Waals surface area contributed by atoms with Crippen molar-refractivity contribution in [3.05, 3.63) is 0 Å². The lowest BCUT2D eigenvalue weighted by Gasteiger charge is -2.45. The van der Waals surface area contributed by atoms with Crippen LogP contribution < -0.4 is 0 Å². The van der Waals surface area contributed by atoms with Crippen molar-refractivity contribution >= 4 is 6.03 Å². The normalized spacial score (nSPS) is 32.6. The average Bonchev–Trinajstić information content (AvgIpc) is 2.75. The highest BCUT2D eigenvalue weighted by Gasteiger charge is 2.37. The second kappa shape index (κ2) is 6.15. The zero-order valence-corrected chi connectivity index (χ0v) is 12.1. The molecule has 0 aromatic heterocycles. The Balaban J connectivity index is 1.66. The summed E-state index contributed by atoms with van der Waals surface area (Å²) in [4.78, 5) is 17.2. The summed E-state index contributed by atoms with van der Waals surface area (Å²) in [5.41, 5.74) is 0. The molecule has 3 fully saturated rings. The fourth-order valence-corrected chi connectivity index (χ4v) is 4.31. The molecule has 2 saturated heterocycles. The lowest BCUT2D eigenvalue weighted by molar-refractivity contribution is 0.0649. The molecular formula is C16H28N2O. The zero-order chi connectivity index (χ0) is 13.1. The summed E-state index contributed by atoms with van der Waals surface area (Å²) in [6.45, 7) is 3.00. The largest absolute Gasteiger partial charge is 0.325 e. The second-order valence-electron chi connectivity index (χ2n) is 6.63. The molecule has 2 atom stereocenters. The Morgan fingerprint density at radius 3 is 2.21 bits per heavy atom. The Morgan fingerprint density at radius 2 is 1.42 bits per heavy atom. The molecular weight excluding hydrogens is 236 g/mol. The van der Waals surface area contributed by atoms with Crippen LogP contribution in [0.1, 0.15) is 64.2 Å². The molecule has 0 spiro atoms. The minimum atomic E-state index is 0.360. The van der Waals surface area contributed by atoms with E-state index < -0.39 is 0 Å². The van der Waals surface area contributed by atoms with Crippen LogP contribution >= 0.6 is 0 Å². The molecule has 19 heavy (non-hydrogen) atoms. The number of amides is 2. The number of fused-ring (bicyclic) bond motifs is 1. The molecule has 2 heterocycles. The van der Waals surface area contributed by atoms with Crippen LogP contribution in [0.5, 0.6) is 0 Å². The fraction of sp³-hybridized carbons (Fsp3) is 0.938. The third-order valence-electron chi connectivity index (χ3n) is 5.37. The standard InChI is InChI=1S/C16H28N2O/c19-16(17-11-5-1-2-6-12-17)18-13-7-9-14-8-3-4-10-15(14)18/h14-15H,1-13H2/t14-,15-/m1/s1. The first kappa shape index (κ1) is 13.3. The highest BCUT2D eigenvalue weighted by molar-refractivity contribution is 5.75. The number of carbonyl (C=O) groups is 1. The lowest BCUT2D eigenvalue weighted by Crippen LogP contribution is -2.54. The maximum Gasteiger partial charge on any atom is 0.320 e. The summed E-state index contributed by atoms with van der Waals surface area (Å²) < 4.78 is 0. The Kier molecular flexibility index (Phi) is 4.29. The van der Waals surface area contributed by atoms with E-state index in [0.717, 1.165) is 25.6 Å². The third-order valence-corrected chi connectivity index (χ3v) is 5.37. The topological polar surface area (TPSA) is 23.6 Å². The molecule has 0 unspecified atom stereocenters. The van der Waals surface area contributed by atoms with E-state index in [9.17, 15) is 4.79 Å². The number of hydrogen-bond acceptors (Lipinski definition) is 1. The molecule has 2 amide bonds. The van der Waals surface area contributed by atoms with Gasteiger partial charge in [-0.15, -0.1) is 0 Å². The van der Waals surface area contributed by atoms with Crippen molar-refractivity contribution < 1.29 is 4.79 Å². The van der Waals surface area contributed by atoms with Gasteiger partial charge in [0.05, 0.1) is 0 Å². The van der Waals surface area contributed by atoms with E-state index in [1.807, 2.05) is 0 Å². The predicted molar refractivity (Wildman–Crippen MR) is 77.1 cm³/mol. The molecule has 0 radical (unpaired) electrons. The maximum absolute atomic E-state index is 12.8. The van der Waals surface area contributed by atoms with E-state index in [0.29, 0.717) is 12.1 Å². The van der Waals surface area contributed by atoms with Gasteiger partial charge in [-0.25, -0.2) is 4.79 Å². The number of hydrogen-bond donors (Lipinski definition) is 0. The quantitative estimate of drug-likeness (QED) is 0.655. The van der Waals surface area contributed by atoms with E-state index in [1.54, 1.807) is 0 Å². The van der Waals surface area contributed by atoms with E-state index in [-0.39, 0.29) is 0 Å². The van der Waals surface area contributed by atoms with Gasteiger partial charge in [-0.3, -0.25) is 0 Å². The van der Waals surface area contributed by atoms with Crippen molar-refractivity contribution in [2.75, 3.05) is 19.6 Å². The van der Waals surface area contributed by atoms with E-state index in [2.05, 4.69) is 9.80 Å². The molecule has 108 valence electrons. The van der Waals surface area contributed by atoms with Crippen LogP contribution in [0.25, 0.3) is 0 Å². The number of rotatable bonds is 0. The van der Waals surface area contributed by atoms with Gasteiger partial charge < -0.3 is 9.80 Å². The van der Waals surface area contributed by atoms with Crippen LogP contribution in [-0.4, -0.2) is 41.5 Å². The van der Waals surface area contributed by atoms with Gasteiger partial charge in [0, 0.05) is 25.7 Å². The van der Waals surface area contributed by atoms with E-state index in [1.165, 1.54) is 64.2 Å².